The maximum atomic E-state index is 12.2. The number of aromatic nitrogens is 2. The average molecular weight is 318 g/mol. The van der Waals surface area contributed by atoms with Crippen molar-refractivity contribution in [1.29, 1.82) is 0 Å². The number of halogens is 2. The molecular weight excluding hydrogens is 309 g/mol. The number of aryl methyl sites for hydroxylation is 1. The van der Waals surface area contributed by atoms with Crippen LogP contribution in [0.5, 0.6) is 5.75 Å². The molecule has 1 heterocycles. The van der Waals surface area contributed by atoms with Crippen LogP contribution >= 0.6 is 34.7 Å². The minimum Gasteiger partial charge on any atom is -0.494 e. The first kappa shape index (κ1) is 14.0. The number of carbonyl (C=O) groups excluding carboxylic acids is 1. The number of nitrogens with one attached hydrogen (secondary N) is 1. The number of ether oxygens (including phenoxy) is 1. The molecule has 5 nitrogen and oxygen atoms in total. The van der Waals surface area contributed by atoms with Crippen molar-refractivity contribution in [3.63, 3.8) is 0 Å². The highest BCUT2D eigenvalue weighted by Gasteiger charge is 2.20. The number of amides is 1. The van der Waals surface area contributed by atoms with E-state index < -0.39 is 5.91 Å². The van der Waals surface area contributed by atoms with Crippen LogP contribution in [0.25, 0.3) is 0 Å². The number of rotatable bonds is 3. The summed E-state index contributed by atoms with van der Waals surface area (Å²) in [7, 11) is 1.42. The molecule has 19 heavy (non-hydrogen) atoms. The number of benzene rings is 1. The minimum atomic E-state index is -0.444. The van der Waals surface area contributed by atoms with Crippen LogP contribution in [-0.2, 0) is 0 Å². The molecule has 0 unspecified atom stereocenters. The third-order valence-corrected chi connectivity index (χ3v) is 3.57. The molecular formula is C11H9Cl2N3O2S. The Hall–Kier alpha value is -1.37. The first-order valence-electron chi connectivity index (χ1n) is 5.16. The van der Waals surface area contributed by atoms with Gasteiger partial charge < -0.3 is 4.74 Å². The highest BCUT2D eigenvalue weighted by Crippen LogP contribution is 2.34. The van der Waals surface area contributed by atoms with E-state index in [-0.39, 0.29) is 16.3 Å². The second kappa shape index (κ2) is 5.73. The van der Waals surface area contributed by atoms with Gasteiger partial charge in [-0.2, -0.15) is 4.37 Å². The van der Waals surface area contributed by atoms with Gasteiger partial charge in [0, 0.05) is 11.5 Å². The summed E-state index contributed by atoms with van der Waals surface area (Å²) in [4.78, 5) is 16.2. The summed E-state index contributed by atoms with van der Waals surface area (Å²) in [5.74, 6) is 0.373. The van der Waals surface area contributed by atoms with E-state index in [0.29, 0.717) is 16.0 Å². The molecule has 0 spiro atoms. The van der Waals surface area contributed by atoms with Crippen LogP contribution in [0.15, 0.2) is 12.1 Å². The summed E-state index contributed by atoms with van der Waals surface area (Å²) < 4.78 is 9.08. The lowest BCUT2D eigenvalue weighted by Gasteiger charge is -2.11. The van der Waals surface area contributed by atoms with Crippen LogP contribution in [0.2, 0.25) is 10.0 Å². The maximum Gasteiger partial charge on any atom is 0.262 e. The minimum absolute atomic E-state index is 0.171. The van der Waals surface area contributed by atoms with Crippen molar-refractivity contribution in [2.45, 2.75) is 6.92 Å². The number of methoxy groups -OCH3 is 1. The Kier molecular flexibility index (Phi) is 4.24. The Labute approximate surface area is 123 Å². The fourth-order valence-corrected chi connectivity index (χ4v) is 2.49. The van der Waals surface area contributed by atoms with Crippen LogP contribution < -0.4 is 10.1 Å². The van der Waals surface area contributed by atoms with Crippen LogP contribution in [0.3, 0.4) is 0 Å². The van der Waals surface area contributed by atoms with Gasteiger partial charge in [0.2, 0.25) is 5.13 Å². The number of nitrogens with zero attached hydrogens (tertiary/aromatic N) is 2. The van der Waals surface area contributed by atoms with Crippen LogP contribution in [0.4, 0.5) is 5.13 Å². The van der Waals surface area contributed by atoms with E-state index in [4.69, 9.17) is 27.9 Å². The third kappa shape index (κ3) is 2.97. The lowest BCUT2D eigenvalue weighted by Crippen LogP contribution is -2.14. The summed E-state index contributed by atoms with van der Waals surface area (Å²) in [6.45, 7) is 1.74. The zero-order valence-corrected chi connectivity index (χ0v) is 12.4. The third-order valence-electron chi connectivity index (χ3n) is 2.24. The molecule has 0 saturated carbocycles. The van der Waals surface area contributed by atoms with E-state index >= 15 is 0 Å². The smallest absolute Gasteiger partial charge is 0.262 e. The highest BCUT2D eigenvalue weighted by atomic mass is 35.5. The SMILES string of the molecule is COc1c(Cl)ccc(Cl)c1C(=O)Nc1nc(C)ns1. The normalized spacial score (nSPS) is 10.3. The molecule has 0 aliphatic rings. The molecule has 2 rings (SSSR count). The van der Waals surface area contributed by atoms with Gasteiger partial charge in [0.25, 0.3) is 5.91 Å². The van der Waals surface area contributed by atoms with E-state index in [0.717, 1.165) is 11.5 Å². The van der Waals surface area contributed by atoms with Gasteiger partial charge in [-0.15, -0.1) is 0 Å². The van der Waals surface area contributed by atoms with Gasteiger partial charge in [-0.3, -0.25) is 10.1 Å². The predicted octanol–water partition coefficient (Wildman–Crippen LogP) is 3.41. The van der Waals surface area contributed by atoms with Crippen molar-refractivity contribution in [3.05, 3.63) is 33.6 Å². The topological polar surface area (TPSA) is 64.1 Å². The van der Waals surface area contributed by atoms with E-state index in [1.807, 2.05) is 0 Å². The van der Waals surface area contributed by atoms with Crippen LogP contribution in [0, 0.1) is 6.92 Å². The molecule has 0 aliphatic carbocycles. The molecule has 0 radical (unpaired) electrons. The lowest BCUT2D eigenvalue weighted by atomic mass is 10.2. The average Bonchev–Trinajstić information content (AvgIpc) is 2.77. The Balaban J connectivity index is 2.36. The van der Waals surface area contributed by atoms with Crippen molar-refractivity contribution < 1.29 is 9.53 Å². The van der Waals surface area contributed by atoms with Gasteiger partial charge in [0.1, 0.15) is 11.4 Å². The molecule has 1 N–H and O–H groups in total. The van der Waals surface area contributed by atoms with E-state index in [2.05, 4.69) is 14.7 Å². The van der Waals surface area contributed by atoms with Crippen molar-refractivity contribution in [2.75, 3.05) is 12.4 Å². The molecule has 0 bridgehead atoms. The van der Waals surface area contributed by atoms with E-state index in [1.165, 1.54) is 13.2 Å². The Morgan fingerprint density at radius 3 is 2.63 bits per heavy atom. The quantitative estimate of drug-likeness (QED) is 0.942. The first-order chi connectivity index (χ1) is 9.02. The molecule has 1 amide bonds. The second-order valence-corrected chi connectivity index (χ2v) is 5.10. The summed E-state index contributed by atoms with van der Waals surface area (Å²) in [5, 5.41) is 3.55. The molecule has 0 atom stereocenters. The van der Waals surface area contributed by atoms with E-state index in [9.17, 15) is 4.79 Å². The van der Waals surface area contributed by atoms with Gasteiger partial charge in [0.05, 0.1) is 17.2 Å². The summed E-state index contributed by atoms with van der Waals surface area (Å²) in [5.41, 5.74) is 0.171. The van der Waals surface area contributed by atoms with Crippen molar-refractivity contribution in [3.8, 4) is 5.75 Å². The first-order valence-corrected chi connectivity index (χ1v) is 6.69. The summed E-state index contributed by atoms with van der Waals surface area (Å²) >= 11 is 13.1. The molecule has 0 saturated heterocycles. The van der Waals surface area contributed by atoms with Gasteiger partial charge in [-0.05, 0) is 19.1 Å². The van der Waals surface area contributed by atoms with Gasteiger partial charge in [-0.1, -0.05) is 23.2 Å². The molecule has 1 aromatic heterocycles. The van der Waals surface area contributed by atoms with Gasteiger partial charge in [-0.25, -0.2) is 4.98 Å². The van der Waals surface area contributed by atoms with Gasteiger partial charge in [0.15, 0.2) is 5.75 Å². The monoisotopic (exact) mass is 317 g/mol. The maximum absolute atomic E-state index is 12.2. The number of hydrogen-bond acceptors (Lipinski definition) is 5. The standard InChI is InChI=1S/C11H9Cl2N3O2S/c1-5-14-11(19-16-5)15-10(17)8-6(12)3-4-7(13)9(8)18-2/h3-4H,1-2H3,(H,14,15,16,17). The Morgan fingerprint density at radius 1 is 1.37 bits per heavy atom. The van der Waals surface area contributed by atoms with E-state index in [1.54, 1.807) is 13.0 Å². The predicted molar refractivity (Wildman–Crippen MR) is 75.6 cm³/mol. The van der Waals surface area contributed by atoms with Crippen LogP contribution in [0.1, 0.15) is 16.2 Å². The van der Waals surface area contributed by atoms with Crippen LogP contribution in [-0.4, -0.2) is 22.4 Å². The van der Waals surface area contributed by atoms with Crippen molar-refractivity contribution >= 4 is 45.8 Å². The lowest BCUT2D eigenvalue weighted by molar-refractivity contribution is 0.102. The summed E-state index contributed by atoms with van der Waals surface area (Å²) in [6, 6.07) is 3.10. The van der Waals surface area contributed by atoms with Crippen molar-refractivity contribution in [1.82, 2.24) is 9.36 Å². The van der Waals surface area contributed by atoms with Crippen molar-refractivity contribution in [2.24, 2.45) is 0 Å². The Morgan fingerprint density at radius 2 is 2.05 bits per heavy atom. The number of carbonyl (C=O) groups is 1. The zero-order chi connectivity index (χ0) is 14.0. The van der Waals surface area contributed by atoms with Gasteiger partial charge >= 0.3 is 0 Å². The number of anilines is 1. The molecule has 2 aromatic rings. The number of hydrogen-bond donors (Lipinski definition) is 1. The zero-order valence-electron chi connectivity index (χ0n) is 10.0. The largest absolute Gasteiger partial charge is 0.494 e. The fourth-order valence-electron chi connectivity index (χ4n) is 1.45. The molecule has 100 valence electrons. The fraction of sp³-hybridized carbons (Fsp3) is 0.182. The molecule has 1 aromatic carbocycles. The molecule has 8 heteroatoms. The Bertz CT molecular complexity index is 630. The summed E-state index contributed by atoms with van der Waals surface area (Å²) in [6.07, 6.45) is 0. The second-order valence-electron chi connectivity index (χ2n) is 3.54. The molecule has 0 fully saturated rings. The molecule has 0 aliphatic heterocycles. The highest BCUT2D eigenvalue weighted by molar-refractivity contribution is 7.09.